The monoisotopic (exact) mass is 577 g/mol. The van der Waals surface area contributed by atoms with Gasteiger partial charge in [0.1, 0.15) is 0 Å². The second kappa shape index (κ2) is 15.9. The van der Waals surface area contributed by atoms with Crippen LogP contribution in [-0.4, -0.2) is 96.4 Å². The van der Waals surface area contributed by atoms with Crippen LogP contribution in [0.5, 0.6) is 0 Å². The molecule has 0 aromatic heterocycles. The molecule has 2 aromatic carbocycles. The average molecular weight is 578 g/mol. The summed E-state index contributed by atoms with van der Waals surface area (Å²) in [4.78, 5) is 17.8. The van der Waals surface area contributed by atoms with E-state index in [4.69, 9.17) is 0 Å². The molecule has 0 saturated carbocycles. The molecular weight excluding hydrogens is 540 g/mol. The Bertz CT molecular complexity index is 948. The fraction of sp³-hybridized carbons (Fsp3) is 0.536. The molecule has 1 aliphatic heterocycles. The number of likely N-dealkylation sites (tertiary alicyclic amines) is 1. The van der Waals surface area contributed by atoms with Crippen LogP contribution < -0.4 is 0 Å². The van der Waals surface area contributed by atoms with Crippen LogP contribution in [0.25, 0.3) is 0 Å². The van der Waals surface area contributed by atoms with E-state index in [1.807, 2.05) is 46.2 Å². The van der Waals surface area contributed by atoms with Crippen molar-refractivity contribution in [3.05, 3.63) is 71.3 Å². The van der Waals surface area contributed by atoms with E-state index in [2.05, 4.69) is 0 Å². The maximum absolute atomic E-state index is 13.0. The number of hydrogen-bond acceptors (Lipinski definition) is 5. The van der Waals surface area contributed by atoms with Gasteiger partial charge >= 0.3 is 12.4 Å². The van der Waals surface area contributed by atoms with Gasteiger partial charge in [0.2, 0.25) is 5.91 Å². The second-order valence-corrected chi connectivity index (χ2v) is 9.62. The van der Waals surface area contributed by atoms with Crippen molar-refractivity contribution in [2.75, 3.05) is 59.5 Å². The van der Waals surface area contributed by atoms with E-state index in [0.29, 0.717) is 38.3 Å². The van der Waals surface area contributed by atoms with Gasteiger partial charge in [0.05, 0.1) is 30.9 Å². The number of carbonyl (C=O) groups is 1. The Morgan fingerprint density at radius 1 is 0.825 bits per heavy atom. The normalized spacial score (nSPS) is 15.1. The fourth-order valence-electron chi connectivity index (χ4n) is 4.46. The molecule has 6 nitrogen and oxygen atoms in total. The topological polar surface area (TPSA) is 67.3 Å². The van der Waals surface area contributed by atoms with Gasteiger partial charge in [-0.1, -0.05) is 36.4 Å². The number of carbonyl (C=O) groups excluding carboxylic acids is 1. The summed E-state index contributed by atoms with van der Waals surface area (Å²) in [6.07, 6.45) is -8.46. The van der Waals surface area contributed by atoms with Gasteiger partial charge in [0, 0.05) is 45.8 Å². The summed E-state index contributed by atoms with van der Waals surface area (Å²) >= 11 is 0. The van der Waals surface area contributed by atoms with Crippen molar-refractivity contribution in [3.63, 3.8) is 0 Å². The van der Waals surface area contributed by atoms with Crippen LogP contribution in [0.2, 0.25) is 0 Å². The Labute approximate surface area is 230 Å². The molecule has 0 aliphatic carbocycles. The van der Waals surface area contributed by atoms with E-state index < -0.39 is 23.5 Å². The van der Waals surface area contributed by atoms with E-state index in [9.17, 15) is 41.4 Å². The number of piperidine rings is 1. The summed E-state index contributed by atoms with van der Waals surface area (Å²) < 4.78 is 78.1. The molecule has 2 N–H and O–H groups in total. The first-order chi connectivity index (χ1) is 18.8. The third-order valence-corrected chi connectivity index (χ3v) is 6.68. The molecule has 1 amide bonds. The molecule has 0 bridgehead atoms. The molecule has 224 valence electrons. The van der Waals surface area contributed by atoms with Crippen molar-refractivity contribution in [1.82, 2.24) is 14.7 Å². The quantitative estimate of drug-likeness (QED) is 0.416. The molecule has 40 heavy (non-hydrogen) atoms. The molecule has 1 heterocycles. The lowest BCUT2D eigenvalue weighted by molar-refractivity contribution is -0.143. The zero-order valence-corrected chi connectivity index (χ0v) is 22.5. The van der Waals surface area contributed by atoms with Crippen LogP contribution in [-0.2, 0) is 23.6 Å². The third-order valence-electron chi connectivity index (χ3n) is 6.68. The first kappa shape index (κ1) is 33.5. The van der Waals surface area contributed by atoms with Gasteiger partial charge in [-0.15, -0.1) is 0 Å². The van der Waals surface area contributed by atoms with Gasteiger partial charge < -0.3 is 15.1 Å². The second-order valence-electron chi connectivity index (χ2n) is 9.62. The van der Waals surface area contributed by atoms with E-state index in [1.54, 1.807) is 0 Å². The summed E-state index contributed by atoms with van der Waals surface area (Å²) in [5.74, 6) is -0.274. The smallest absolute Gasteiger partial charge is 0.395 e. The Balaban J connectivity index is 0.000000821. The lowest BCUT2D eigenvalue weighted by Gasteiger charge is -2.38. The lowest BCUT2D eigenvalue weighted by atomic mass is 10.0. The molecule has 0 atom stereocenters. The van der Waals surface area contributed by atoms with E-state index in [1.165, 1.54) is 11.9 Å². The molecule has 3 rings (SSSR count). The number of hydrogen-bond donors (Lipinski definition) is 2. The van der Waals surface area contributed by atoms with Crippen molar-refractivity contribution >= 4 is 5.91 Å². The van der Waals surface area contributed by atoms with Gasteiger partial charge in [0.25, 0.3) is 0 Å². The van der Waals surface area contributed by atoms with Gasteiger partial charge in [-0.25, -0.2) is 0 Å². The number of benzene rings is 2. The van der Waals surface area contributed by atoms with Crippen molar-refractivity contribution in [3.8, 4) is 0 Å². The third kappa shape index (κ3) is 11.4. The molecule has 0 spiro atoms. The van der Waals surface area contributed by atoms with Gasteiger partial charge in [-0.2, -0.15) is 26.3 Å². The van der Waals surface area contributed by atoms with Crippen LogP contribution in [0.3, 0.4) is 0 Å². The largest absolute Gasteiger partial charge is 0.416 e. The highest BCUT2D eigenvalue weighted by Crippen LogP contribution is 2.36. The van der Waals surface area contributed by atoms with Crippen LogP contribution >= 0.6 is 0 Å². The SMILES string of the molecule is CN(CCc1cc(C(F)(F)F)cc(C(F)(F)F)c1)C(=O)CN1CCC(N(CCO)CCO)CC1.c1ccccc1. The number of nitrogens with zero attached hydrogens (tertiary/aromatic N) is 3. The van der Waals surface area contributed by atoms with Gasteiger partial charge in [-0.3, -0.25) is 14.6 Å². The number of rotatable bonds is 10. The number of halogens is 6. The highest BCUT2D eigenvalue weighted by Gasteiger charge is 2.37. The molecule has 12 heteroatoms. The highest BCUT2D eigenvalue weighted by molar-refractivity contribution is 5.78. The molecule has 0 radical (unpaired) electrons. The molecule has 0 unspecified atom stereocenters. The molecule has 2 aromatic rings. The summed E-state index contributed by atoms with van der Waals surface area (Å²) in [5, 5.41) is 18.3. The Morgan fingerprint density at radius 3 is 1.68 bits per heavy atom. The van der Waals surface area contributed by atoms with E-state index >= 15 is 0 Å². The maximum atomic E-state index is 13.0. The predicted octanol–water partition coefficient (Wildman–Crippen LogP) is 4.16. The number of aliphatic hydroxyl groups is 2. The fourth-order valence-corrected chi connectivity index (χ4v) is 4.46. The zero-order chi connectivity index (χ0) is 29.8. The predicted molar refractivity (Wildman–Crippen MR) is 139 cm³/mol. The van der Waals surface area contributed by atoms with Crippen molar-refractivity contribution in [2.24, 2.45) is 0 Å². The standard InChI is InChI=1S/C22H31F6N3O3.C6H6/c1-29(5-2-16-12-17(21(23,24)25)14-18(13-16)22(26,27)28)20(34)15-30-6-3-19(4-7-30)31(8-10-32)9-11-33;1-2-4-6-5-3-1/h12-14,19,32-33H,2-11,15H2,1H3;1-6H. The van der Waals surface area contributed by atoms with Crippen molar-refractivity contribution in [2.45, 2.75) is 37.7 Å². The number of alkyl halides is 6. The first-order valence-electron chi connectivity index (χ1n) is 13.1. The number of amides is 1. The minimum absolute atomic E-state index is 0.0141. The minimum Gasteiger partial charge on any atom is -0.395 e. The van der Waals surface area contributed by atoms with Gasteiger partial charge in [-0.05, 0) is 43.0 Å². The minimum atomic E-state index is -4.91. The average Bonchev–Trinajstić information content (AvgIpc) is 2.92. The van der Waals surface area contributed by atoms with Crippen LogP contribution in [0.1, 0.15) is 29.5 Å². The van der Waals surface area contributed by atoms with E-state index in [-0.39, 0.29) is 56.3 Å². The molecular formula is C28H37F6N3O3. The van der Waals surface area contributed by atoms with E-state index in [0.717, 1.165) is 12.8 Å². The summed E-state index contributed by atoms with van der Waals surface area (Å²) in [7, 11) is 1.47. The van der Waals surface area contributed by atoms with Crippen molar-refractivity contribution < 1.29 is 41.4 Å². The van der Waals surface area contributed by atoms with Crippen LogP contribution in [0.4, 0.5) is 26.3 Å². The summed E-state index contributed by atoms with van der Waals surface area (Å²) in [6.45, 7) is 2.21. The molecule has 1 fully saturated rings. The molecule has 1 saturated heterocycles. The Morgan fingerprint density at radius 2 is 1.27 bits per heavy atom. The Kier molecular flexibility index (Phi) is 13.4. The number of likely N-dealkylation sites (N-methyl/N-ethyl adjacent to an activating group) is 1. The summed E-state index contributed by atoms with van der Waals surface area (Å²) in [6, 6.07) is 13.6. The van der Waals surface area contributed by atoms with Crippen LogP contribution in [0.15, 0.2) is 54.6 Å². The Hall–Kier alpha value is -2.67. The first-order valence-corrected chi connectivity index (χ1v) is 13.1. The van der Waals surface area contributed by atoms with Crippen LogP contribution in [0, 0.1) is 0 Å². The zero-order valence-electron chi connectivity index (χ0n) is 22.5. The summed E-state index contributed by atoms with van der Waals surface area (Å²) in [5.41, 5.74) is -2.88. The maximum Gasteiger partial charge on any atom is 0.416 e. The molecule has 1 aliphatic rings. The van der Waals surface area contributed by atoms with Gasteiger partial charge in [0.15, 0.2) is 0 Å². The lowest BCUT2D eigenvalue weighted by Crippen LogP contribution is -2.49. The van der Waals surface area contributed by atoms with Crippen molar-refractivity contribution in [1.29, 1.82) is 0 Å². The number of aliphatic hydroxyl groups excluding tert-OH is 2. The highest BCUT2D eigenvalue weighted by atomic mass is 19.4.